The van der Waals surface area contributed by atoms with Gasteiger partial charge in [0, 0.05) is 18.7 Å². The molecule has 1 aliphatic rings. The van der Waals surface area contributed by atoms with Crippen LogP contribution >= 0.6 is 0 Å². The number of esters is 2. The molecule has 0 radical (unpaired) electrons. The fourth-order valence-corrected chi connectivity index (χ4v) is 4.44. The fraction of sp³-hybridized carbons (Fsp3) is 0.654. The van der Waals surface area contributed by atoms with Gasteiger partial charge < -0.3 is 15.0 Å². The smallest absolute Gasteiger partial charge is 0.386 e. The van der Waals surface area contributed by atoms with Crippen LogP contribution in [0, 0.1) is 0 Å². The summed E-state index contributed by atoms with van der Waals surface area (Å²) < 4.78 is 41.2. The summed E-state index contributed by atoms with van der Waals surface area (Å²) in [5.41, 5.74) is 0.431. The van der Waals surface area contributed by atoms with E-state index in [1.165, 1.54) is 44.9 Å². The first-order chi connectivity index (χ1) is 16.5. The van der Waals surface area contributed by atoms with Gasteiger partial charge in [-0.1, -0.05) is 64.0 Å². The van der Waals surface area contributed by atoms with Gasteiger partial charge in [0.25, 0.3) is 5.91 Å². The van der Waals surface area contributed by atoms with Crippen molar-refractivity contribution in [1.29, 1.82) is 0 Å². The second kappa shape index (κ2) is 13.6. The topological polar surface area (TPSA) is 75.7 Å². The summed E-state index contributed by atoms with van der Waals surface area (Å²) in [7, 11) is 1.78. The zero-order chi connectivity index (χ0) is 25.9. The van der Waals surface area contributed by atoms with Crippen molar-refractivity contribution in [3.63, 3.8) is 0 Å². The second-order valence-corrected chi connectivity index (χ2v) is 9.58. The number of halogens is 3. The van der Waals surface area contributed by atoms with Crippen LogP contribution in [0.25, 0.3) is 0 Å². The lowest BCUT2D eigenvalue weighted by molar-refractivity contribution is -0.202. The lowest BCUT2D eigenvalue weighted by atomic mass is 9.93. The van der Waals surface area contributed by atoms with Crippen molar-refractivity contribution in [2.45, 2.75) is 89.3 Å². The lowest BCUT2D eigenvalue weighted by Crippen LogP contribution is -2.52. The standard InChI is InChI=1S/C26H37F3N2O4/c1-3-4-5-6-7-8-9-10-11-20-12-14-21(15-13-20)23(33)30-25(16-17-31(2)19-25)18-22(32)35-24(34)26(27,28)29/h12-15H,3-11,16-19H2,1-2H3,(H,30,33). The Morgan fingerprint density at radius 3 is 2.14 bits per heavy atom. The minimum atomic E-state index is -5.26. The zero-order valence-corrected chi connectivity index (χ0v) is 20.7. The second-order valence-electron chi connectivity index (χ2n) is 9.58. The number of ether oxygens (including phenoxy) is 1. The van der Waals surface area contributed by atoms with Crippen molar-refractivity contribution in [1.82, 2.24) is 10.2 Å². The summed E-state index contributed by atoms with van der Waals surface area (Å²) in [6.07, 6.45) is 5.44. The zero-order valence-electron chi connectivity index (χ0n) is 20.7. The number of benzene rings is 1. The molecule has 1 unspecified atom stereocenters. The first-order valence-corrected chi connectivity index (χ1v) is 12.5. The number of rotatable bonds is 13. The number of carbonyl (C=O) groups is 3. The van der Waals surface area contributed by atoms with E-state index >= 15 is 0 Å². The van der Waals surface area contributed by atoms with E-state index in [4.69, 9.17) is 0 Å². The number of likely N-dealkylation sites (tertiary alicyclic amines) is 1. The molecule has 1 aromatic rings. The molecule has 6 nitrogen and oxygen atoms in total. The summed E-state index contributed by atoms with van der Waals surface area (Å²) in [5.74, 6) is -4.29. The number of hydrogen-bond donors (Lipinski definition) is 1. The predicted molar refractivity (Wildman–Crippen MR) is 127 cm³/mol. The number of amides is 1. The maximum atomic E-state index is 12.9. The van der Waals surface area contributed by atoms with E-state index in [9.17, 15) is 27.6 Å². The van der Waals surface area contributed by atoms with Crippen molar-refractivity contribution in [2.24, 2.45) is 0 Å². The largest absolute Gasteiger partial charge is 0.491 e. The van der Waals surface area contributed by atoms with E-state index < -0.39 is 36.0 Å². The first-order valence-electron chi connectivity index (χ1n) is 12.5. The molecular weight excluding hydrogens is 461 g/mol. The average Bonchev–Trinajstić information content (AvgIpc) is 3.14. The molecule has 0 saturated carbocycles. The summed E-state index contributed by atoms with van der Waals surface area (Å²) in [5, 5.41) is 2.81. The molecule has 1 aromatic carbocycles. The molecule has 1 heterocycles. The van der Waals surface area contributed by atoms with Crippen LogP contribution in [0.15, 0.2) is 24.3 Å². The van der Waals surface area contributed by atoms with Crippen molar-refractivity contribution in [2.75, 3.05) is 20.1 Å². The highest BCUT2D eigenvalue weighted by atomic mass is 19.4. The summed E-state index contributed by atoms with van der Waals surface area (Å²) in [4.78, 5) is 37.7. The van der Waals surface area contributed by atoms with Crippen LogP contribution in [0.3, 0.4) is 0 Å². The number of carbonyl (C=O) groups excluding carboxylic acids is 3. The van der Waals surface area contributed by atoms with Gasteiger partial charge in [-0.05, 0) is 44.0 Å². The lowest BCUT2D eigenvalue weighted by Gasteiger charge is -2.29. The molecule has 1 saturated heterocycles. The van der Waals surface area contributed by atoms with Crippen LogP contribution in [-0.2, 0) is 20.7 Å². The number of hydrogen-bond acceptors (Lipinski definition) is 5. The Morgan fingerprint density at radius 1 is 1.00 bits per heavy atom. The quantitative estimate of drug-likeness (QED) is 0.230. The van der Waals surface area contributed by atoms with E-state index in [1.54, 1.807) is 19.2 Å². The average molecular weight is 499 g/mol. The van der Waals surface area contributed by atoms with E-state index in [0.29, 0.717) is 18.5 Å². The third-order valence-electron chi connectivity index (χ3n) is 6.38. The van der Waals surface area contributed by atoms with Gasteiger partial charge in [0.15, 0.2) is 0 Å². The number of likely N-dealkylation sites (N-methyl/N-ethyl adjacent to an activating group) is 1. The van der Waals surface area contributed by atoms with Gasteiger partial charge in [0.2, 0.25) is 0 Å². The van der Waals surface area contributed by atoms with Crippen molar-refractivity contribution < 1.29 is 32.3 Å². The Bertz CT molecular complexity index is 842. The maximum absolute atomic E-state index is 12.9. The number of nitrogens with zero attached hydrogens (tertiary/aromatic N) is 1. The molecule has 1 fully saturated rings. The molecule has 1 atom stereocenters. The normalized spacial score (nSPS) is 18.4. The minimum absolute atomic E-state index is 0.255. The van der Waals surface area contributed by atoms with Crippen LogP contribution in [0.2, 0.25) is 0 Å². The van der Waals surface area contributed by atoms with E-state index in [0.717, 1.165) is 18.4 Å². The van der Waals surface area contributed by atoms with Crippen LogP contribution < -0.4 is 5.32 Å². The Hall–Kier alpha value is -2.42. The van der Waals surface area contributed by atoms with Crippen molar-refractivity contribution >= 4 is 17.8 Å². The number of alkyl halides is 3. The van der Waals surface area contributed by atoms with Crippen LogP contribution in [0.4, 0.5) is 13.2 Å². The molecule has 1 aliphatic heterocycles. The number of aryl methyl sites for hydroxylation is 1. The van der Waals surface area contributed by atoms with Crippen LogP contribution in [0.5, 0.6) is 0 Å². The maximum Gasteiger partial charge on any atom is 0.491 e. The predicted octanol–water partition coefficient (Wildman–Crippen LogP) is 5.20. The van der Waals surface area contributed by atoms with Gasteiger partial charge in [0.05, 0.1) is 12.0 Å². The molecule has 196 valence electrons. The number of nitrogens with one attached hydrogen (secondary N) is 1. The van der Waals surface area contributed by atoms with E-state index in [1.807, 2.05) is 17.0 Å². The van der Waals surface area contributed by atoms with Crippen molar-refractivity contribution in [3.05, 3.63) is 35.4 Å². The molecule has 0 aliphatic carbocycles. The third-order valence-corrected chi connectivity index (χ3v) is 6.38. The molecule has 0 spiro atoms. The molecule has 0 aromatic heterocycles. The van der Waals surface area contributed by atoms with Gasteiger partial charge in [-0.3, -0.25) is 9.59 Å². The van der Waals surface area contributed by atoms with Crippen molar-refractivity contribution in [3.8, 4) is 0 Å². The Balaban J connectivity index is 1.86. The van der Waals surface area contributed by atoms with Gasteiger partial charge >= 0.3 is 18.1 Å². The fourth-order valence-electron chi connectivity index (χ4n) is 4.44. The van der Waals surface area contributed by atoms with Crippen LogP contribution in [-0.4, -0.2) is 54.6 Å². The highest BCUT2D eigenvalue weighted by Crippen LogP contribution is 2.26. The molecule has 35 heavy (non-hydrogen) atoms. The highest BCUT2D eigenvalue weighted by molar-refractivity contribution is 5.95. The van der Waals surface area contributed by atoms with Crippen LogP contribution in [0.1, 0.15) is 87.1 Å². The summed E-state index contributed by atoms with van der Waals surface area (Å²) >= 11 is 0. The number of unbranched alkanes of at least 4 members (excludes halogenated alkanes) is 7. The van der Waals surface area contributed by atoms with E-state index in [-0.39, 0.29) is 6.54 Å². The molecule has 2 rings (SSSR count). The van der Waals surface area contributed by atoms with E-state index in [2.05, 4.69) is 17.0 Å². The molecule has 0 bridgehead atoms. The molecule has 9 heteroatoms. The first kappa shape index (κ1) is 28.8. The Morgan fingerprint density at radius 2 is 1.60 bits per heavy atom. The Kier molecular flexibility index (Phi) is 11.2. The Labute approximate surface area is 205 Å². The van der Waals surface area contributed by atoms with Gasteiger partial charge in [-0.25, -0.2) is 4.79 Å². The third kappa shape index (κ3) is 9.99. The minimum Gasteiger partial charge on any atom is -0.386 e. The van der Waals surface area contributed by atoms with Gasteiger partial charge in [-0.15, -0.1) is 0 Å². The molecule has 1 amide bonds. The monoisotopic (exact) mass is 498 g/mol. The van der Waals surface area contributed by atoms with Gasteiger partial charge in [0.1, 0.15) is 0 Å². The molecular formula is C26H37F3N2O4. The molecule has 1 N–H and O–H groups in total. The SMILES string of the molecule is CCCCCCCCCCc1ccc(C(=O)NC2(CC(=O)OC(=O)C(F)(F)F)CCN(C)C2)cc1. The summed E-state index contributed by atoms with van der Waals surface area (Å²) in [6, 6.07) is 7.24. The summed E-state index contributed by atoms with van der Waals surface area (Å²) in [6.45, 7) is 3.01. The highest BCUT2D eigenvalue weighted by Gasteiger charge is 2.45. The van der Waals surface area contributed by atoms with Gasteiger partial charge in [-0.2, -0.15) is 13.2 Å².